The number of hydrogen-bond acceptors (Lipinski definition) is 5. The van der Waals surface area contributed by atoms with Gasteiger partial charge in [0.1, 0.15) is 0 Å². The average Bonchev–Trinajstić information content (AvgIpc) is 2.24. The van der Waals surface area contributed by atoms with Crippen molar-refractivity contribution < 1.29 is 25.5 Å². The quantitative estimate of drug-likeness (QED) is 0.369. The molecule has 0 fully saturated rings. The summed E-state index contributed by atoms with van der Waals surface area (Å²) in [6.07, 6.45) is 0.0992. The second kappa shape index (κ2) is 9.79. The van der Waals surface area contributed by atoms with Gasteiger partial charge >= 0.3 is 0 Å². The number of aliphatic hydroxyl groups excluding tert-OH is 5. The fourth-order valence-electron chi connectivity index (χ4n) is 1.66. The molecule has 17 heavy (non-hydrogen) atoms. The molecule has 0 aromatic rings. The maximum absolute atomic E-state index is 9.61. The van der Waals surface area contributed by atoms with E-state index in [4.69, 9.17) is 10.2 Å². The Hall–Kier alpha value is -0.200. The molecule has 5 nitrogen and oxygen atoms in total. The summed E-state index contributed by atoms with van der Waals surface area (Å²) in [6.45, 7) is 1.60. The van der Waals surface area contributed by atoms with Crippen molar-refractivity contribution in [1.82, 2.24) is 0 Å². The molecule has 0 radical (unpaired) electrons. The van der Waals surface area contributed by atoms with Crippen LogP contribution in [-0.2, 0) is 0 Å². The molecule has 0 aliphatic rings. The Morgan fingerprint density at radius 2 is 1.18 bits per heavy atom. The standard InChI is InChI=1S/C12H26O5/c1-9(14)2-3-11(16)8-12(17)5-4-10(15)6-7-13/h9-17H,2-8H2,1H3. The van der Waals surface area contributed by atoms with E-state index in [2.05, 4.69) is 0 Å². The molecule has 4 atom stereocenters. The highest BCUT2D eigenvalue weighted by Gasteiger charge is 2.14. The SMILES string of the molecule is CC(O)CCC(O)CC(O)CCC(O)CCO. The van der Waals surface area contributed by atoms with E-state index in [0.717, 1.165) is 0 Å². The predicted molar refractivity (Wildman–Crippen MR) is 64.5 cm³/mol. The highest BCUT2D eigenvalue weighted by atomic mass is 16.3. The van der Waals surface area contributed by atoms with Gasteiger partial charge in [-0.2, -0.15) is 0 Å². The lowest BCUT2D eigenvalue weighted by Gasteiger charge is -2.17. The zero-order chi connectivity index (χ0) is 13.3. The molecule has 0 saturated heterocycles. The van der Waals surface area contributed by atoms with Crippen LogP contribution in [0.2, 0.25) is 0 Å². The van der Waals surface area contributed by atoms with Crippen LogP contribution in [0.25, 0.3) is 0 Å². The van der Waals surface area contributed by atoms with Gasteiger partial charge in [0.25, 0.3) is 0 Å². The van der Waals surface area contributed by atoms with Gasteiger partial charge in [0.2, 0.25) is 0 Å². The Morgan fingerprint density at radius 1 is 0.706 bits per heavy atom. The van der Waals surface area contributed by atoms with Gasteiger partial charge < -0.3 is 25.5 Å². The Balaban J connectivity index is 3.59. The lowest BCUT2D eigenvalue weighted by Crippen LogP contribution is -2.21. The molecule has 104 valence electrons. The van der Waals surface area contributed by atoms with Crippen LogP contribution in [0.3, 0.4) is 0 Å². The molecule has 5 N–H and O–H groups in total. The van der Waals surface area contributed by atoms with Crippen LogP contribution in [0, 0.1) is 0 Å². The first-order valence-electron chi connectivity index (χ1n) is 6.28. The molecule has 0 aliphatic carbocycles. The van der Waals surface area contributed by atoms with Crippen LogP contribution >= 0.6 is 0 Å². The van der Waals surface area contributed by atoms with E-state index in [1.54, 1.807) is 6.92 Å². The summed E-state index contributed by atoms with van der Waals surface area (Å²) in [7, 11) is 0. The molecule has 0 aliphatic heterocycles. The minimum Gasteiger partial charge on any atom is -0.396 e. The van der Waals surface area contributed by atoms with Crippen LogP contribution in [-0.4, -0.2) is 56.6 Å². The van der Waals surface area contributed by atoms with Gasteiger partial charge in [-0.3, -0.25) is 0 Å². The third-order valence-corrected chi connectivity index (χ3v) is 2.76. The molecule has 0 aromatic heterocycles. The Kier molecular flexibility index (Phi) is 9.68. The smallest absolute Gasteiger partial charge is 0.0565 e. The Morgan fingerprint density at radius 3 is 1.65 bits per heavy atom. The largest absolute Gasteiger partial charge is 0.396 e. The maximum atomic E-state index is 9.61. The summed E-state index contributed by atoms with van der Waals surface area (Å²) < 4.78 is 0. The molecule has 0 saturated carbocycles. The molecule has 0 bridgehead atoms. The zero-order valence-electron chi connectivity index (χ0n) is 10.5. The third kappa shape index (κ3) is 10.7. The van der Waals surface area contributed by atoms with Crippen molar-refractivity contribution in [2.45, 2.75) is 69.9 Å². The van der Waals surface area contributed by atoms with E-state index in [-0.39, 0.29) is 13.0 Å². The summed E-state index contributed by atoms with van der Waals surface area (Å²) >= 11 is 0. The van der Waals surface area contributed by atoms with Gasteiger partial charge in [0.15, 0.2) is 0 Å². The molecule has 5 heteroatoms. The van der Waals surface area contributed by atoms with Crippen LogP contribution < -0.4 is 0 Å². The van der Waals surface area contributed by atoms with E-state index in [9.17, 15) is 15.3 Å². The van der Waals surface area contributed by atoms with Crippen molar-refractivity contribution in [3.8, 4) is 0 Å². The first kappa shape index (κ1) is 16.8. The Bertz CT molecular complexity index is 174. The topological polar surface area (TPSA) is 101 Å². The third-order valence-electron chi connectivity index (χ3n) is 2.76. The summed E-state index contributed by atoms with van der Waals surface area (Å²) in [5.74, 6) is 0. The summed E-state index contributed by atoms with van der Waals surface area (Å²) in [5, 5.41) is 46.1. The monoisotopic (exact) mass is 250 g/mol. The fraction of sp³-hybridized carbons (Fsp3) is 1.00. The van der Waals surface area contributed by atoms with Crippen molar-refractivity contribution >= 4 is 0 Å². The fourth-order valence-corrected chi connectivity index (χ4v) is 1.66. The zero-order valence-corrected chi connectivity index (χ0v) is 10.5. The van der Waals surface area contributed by atoms with Crippen LogP contribution in [0.4, 0.5) is 0 Å². The van der Waals surface area contributed by atoms with E-state index < -0.39 is 24.4 Å². The van der Waals surface area contributed by atoms with Crippen molar-refractivity contribution in [1.29, 1.82) is 0 Å². The maximum Gasteiger partial charge on any atom is 0.0565 e. The molecule has 0 spiro atoms. The van der Waals surface area contributed by atoms with E-state index >= 15 is 0 Å². The van der Waals surface area contributed by atoms with E-state index in [1.807, 2.05) is 0 Å². The van der Waals surface area contributed by atoms with Crippen LogP contribution in [0.5, 0.6) is 0 Å². The molecular weight excluding hydrogens is 224 g/mol. The minimum absolute atomic E-state index is 0.0612. The Labute approximate surface area is 103 Å². The second-order valence-electron chi connectivity index (χ2n) is 4.71. The van der Waals surface area contributed by atoms with Gasteiger partial charge in [0.05, 0.1) is 24.4 Å². The minimum atomic E-state index is -0.646. The predicted octanol–water partition coefficient (Wildman–Crippen LogP) is -0.217. The first-order valence-corrected chi connectivity index (χ1v) is 6.28. The molecule has 0 rings (SSSR count). The van der Waals surface area contributed by atoms with Crippen molar-refractivity contribution in [3.05, 3.63) is 0 Å². The van der Waals surface area contributed by atoms with Gasteiger partial charge in [-0.1, -0.05) is 0 Å². The summed E-state index contributed by atoms with van der Waals surface area (Å²) in [6, 6.07) is 0. The lowest BCUT2D eigenvalue weighted by molar-refractivity contribution is 0.0468. The number of aliphatic hydroxyl groups is 5. The van der Waals surface area contributed by atoms with Crippen molar-refractivity contribution in [2.75, 3.05) is 6.61 Å². The van der Waals surface area contributed by atoms with Gasteiger partial charge in [-0.25, -0.2) is 0 Å². The highest BCUT2D eigenvalue weighted by molar-refractivity contribution is 4.67. The summed E-state index contributed by atoms with van der Waals surface area (Å²) in [5.41, 5.74) is 0. The molecular formula is C12H26O5. The summed E-state index contributed by atoms with van der Waals surface area (Å²) in [4.78, 5) is 0. The number of rotatable bonds is 10. The first-order chi connectivity index (χ1) is 7.95. The molecule has 0 aromatic carbocycles. The van der Waals surface area contributed by atoms with Gasteiger partial charge in [-0.15, -0.1) is 0 Å². The van der Waals surface area contributed by atoms with Gasteiger partial charge in [-0.05, 0) is 45.4 Å². The van der Waals surface area contributed by atoms with E-state index in [0.29, 0.717) is 32.1 Å². The molecule has 0 heterocycles. The lowest BCUT2D eigenvalue weighted by atomic mass is 10.0. The molecule has 0 amide bonds. The normalized spacial score (nSPS) is 18.7. The second-order valence-corrected chi connectivity index (χ2v) is 4.71. The van der Waals surface area contributed by atoms with Crippen LogP contribution in [0.1, 0.15) is 45.4 Å². The molecule has 4 unspecified atom stereocenters. The number of hydrogen-bond donors (Lipinski definition) is 5. The van der Waals surface area contributed by atoms with Crippen molar-refractivity contribution in [3.63, 3.8) is 0 Å². The van der Waals surface area contributed by atoms with Crippen LogP contribution in [0.15, 0.2) is 0 Å². The van der Waals surface area contributed by atoms with Crippen molar-refractivity contribution in [2.24, 2.45) is 0 Å². The van der Waals surface area contributed by atoms with E-state index in [1.165, 1.54) is 0 Å². The van der Waals surface area contributed by atoms with Gasteiger partial charge in [0, 0.05) is 6.61 Å². The highest BCUT2D eigenvalue weighted by Crippen LogP contribution is 2.12. The average molecular weight is 250 g/mol.